The van der Waals surface area contributed by atoms with E-state index in [1.165, 1.54) is 7.11 Å². The van der Waals surface area contributed by atoms with Crippen LogP contribution in [-0.4, -0.2) is 23.2 Å². The summed E-state index contributed by atoms with van der Waals surface area (Å²) in [5.41, 5.74) is 0.571. The van der Waals surface area contributed by atoms with Gasteiger partial charge in [-0.25, -0.2) is 0 Å². The molecule has 140 valence electrons. The maximum Gasteiger partial charge on any atom is 0.264 e. The average molecular weight is 453 g/mol. The molecule has 0 aliphatic rings. The highest BCUT2D eigenvalue weighted by molar-refractivity contribution is 9.10. The standard InChI is InChI=1S/C18H15BrClN3O4/c1-25-15-5-3-2-4-13(15)21-17(24)9-16-22-18(27-23-16)10-26-14-7-6-11(19)8-12(14)20/h2-8H,9-10H2,1H3,(H,21,24). The quantitative estimate of drug-likeness (QED) is 0.576. The molecule has 1 amide bonds. The third-order valence-corrected chi connectivity index (χ3v) is 4.24. The van der Waals surface area contributed by atoms with Gasteiger partial charge in [-0.3, -0.25) is 4.79 Å². The van der Waals surface area contributed by atoms with Crippen LogP contribution in [0.3, 0.4) is 0 Å². The number of halogens is 2. The minimum Gasteiger partial charge on any atom is -0.495 e. The molecule has 27 heavy (non-hydrogen) atoms. The van der Waals surface area contributed by atoms with E-state index in [-0.39, 0.29) is 30.7 Å². The molecule has 3 aromatic rings. The molecule has 0 aliphatic carbocycles. The summed E-state index contributed by atoms with van der Waals surface area (Å²) in [4.78, 5) is 16.3. The molecule has 1 N–H and O–H groups in total. The number of nitrogens with one attached hydrogen (secondary N) is 1. The topological polar surface area (TPSA) is 86.5 Å². The predicted octanol–water partition coefficient (Wildman–Crippen LogP) is 4.25. The highest BCUT2D eigenvalue weighted by Gasteiger charge is 2.14. The van der Waals surface area contributed by atoms with Gasteiger partial charge in [0.25, 0.3) is 5.89 Å². The number of amides is 1. The van der Waals surface area contributed by atoms with Gasteiger partial charge >= 0.3 is 0 Å². The van der Waals surface area contributed by atoms with Crippen LogP contribution in [0.1, 0.15) is 11.7 Å². The third kappa shape index (κ3) is 5.21. The van der Waals surface area contributed by atoms with Gasteiger partial charge in [-0.15, -0.1) is 0 Å². The Morgan fingerprint density at radius 3 is 2.85 bits per heavy atom. The molecule has 0 bridgehead atoms. The Kier molecular flexibility index (Phi) is 6.31. The highest BCUT2D eigenvalue weighted by Crippen LogP contribution is 2.28. The number of hydrogen-bond acceptors (Lipinski definition) is 6. The lowest BCUT2D eigenvalue weighted by Crippen LogP contribution is -2.15. The zero-order chi connectivity index (χ0) is 19.2. The van der Waals surface area contributed by atoms with E-state index in [1.807, 2.05) is 12.1 Å². The number of carbonyl (C=O) groups is 1. The first-order valence-corrected chi connectivity index (χ1v) is 9.04. The van der Waals surface area contributed by atoms with Crippen LogP contribution in [0, 0.1) is 0 Å². The van der Waals surface area contributed by atoms with Crippen molar-refractivity contribution in [1.82, 2.24) is 10.1 Å². The van der Waals surface area contributed by atoms with E-state index in [9.17, 15) is 4.79 Å². The molecule has 0 atom stereocenters. The first-order chi connectivity index (χ1) is 13.0. The first kappa shape index (κ1) is 19.2. The third-order valence-electron chi connectivity index (χ3n) is 3.45. The van der Waals surface area contributed by atoms with Crippen molar-refractivity contribution in [2.45, 2.75) is 13.0 Å². The maximum absolute atomic E-state index is 12.2. The van der Waals surface area contributed by atoms with Gasteiger partial charge in [-0.05, 0) is 30.3 Å². The van der Waals surface area contributed by atoms with Crippen LogP contribution in [0.4, 0.5) is 5.69 Å². The van der Waals surface area contributed by atoms with Gasteiger partial charge in [0.2, 0.25) is 5.91 Å². The van der Waals surface area contributed by atoms with Crippen LogP contribution in [0.2, 0.25) is 5.02 Å². The Balaban J connectivity index is 1.56. The molecular weight excluding hydrogens is 438 g/mol. The summed E-state index contributed by atoms with van der Waals surface area (Å²) in [5, 5.41) is 7.00. The first-order valence-electron chi connectivity index (χ1n) is 7.87. The van der Waals surface area contributed by atoms with E-state index >= 15 is 0 Å². The molecule has 1 heterocycles. The second kappa shape index (κ2) is 8.88. The van der Waals surface area contributed by atoms with E-state index in [0.29, 0.717) is 22.2 Å². The smallest absolute Gasteiger partial charge is 0.264 e. The van der Waals surface area contributed by atoms with Crippen molar-refractivity contribution >= 4 is 39.1 Å². The van der Waals surface area contributed by atoms with Crippen molar-refractivity contribution in [2.75, 3.05) is 12.4 Å². The van der Waals surface area contributed by atoms with E-state index in [4.69, 9.17) is 25.6 Å². The largest absolute Gasteiger partial charge is 0.495 e. The molecule has 1 aromatic heterocycles. The lowest BCUT2D eigenvalue weighted by Gasteiger charge is -2.08. The SMILES string of the molecule is COc1ccccc1NC(=O)Cc1noc(COc2ccc(Br)cc2Cl)n1. The Morgan fingerprint density at radius 1 is 1.26 bits per heavy atom. The molecule has 0 unspecified atom stereocenters. The number of carbonyl (C=O) groups excluding carboxylic acids is 1. The summed E-state index contributed by atoms with van der Waals surface area (Å²) in [5.74, 6) is 1.27. The minimum atomic E-state index is -0.288. The van der Waals surface area contributed by atoms with Crippen molar-refractivity contribution in [3.05, 3.63) is 63.7 Å². The second-order valence-electron chi connectivity index (χ2n) is 5.39. The minimum absolute atomic E-state index is 0.0411. The van der Waals surface area contributed by atoms with Crippen LogP contribution in [0.15, 0.2) is 51.5 Å². The lowest BCUT2D eigenvalue weighted by atomic mass is 10.2. The van der Waals surface area contributed by atoms with Gasteiger partial charge in [0, 0.05) is 4.47 Å². The maximum atomic E-state index is 12.2. The summed E-state index contributed by atoms with van der Waals surface area (Å²) < 4.78 is 16.7. The molecule has 0 fully saturated rings. The number of benzene rings is 2. The van der Waals surface area contributed by atoms with E-state index < -0.39 is 0 Å². The number of rotatable bonds is 7. The number of methoxy groups -OCH3 is 1. The molecule has 9 heteroatoms. The molecule has 0 saturated heterocycles. The fraction of sp³-hybridized carbons (Fsp3) is 0.167. The van der Waals surface area contributed by atoms with Crippen LogP contribution in [-0.2, 0) is 17.8 Å². The van der Waals surface area contributed by atoms with Crippen LogP contribution in [0.25, 0.3) is 0 Å². The van der Waals surface area contributed by atoms with Gasteiger partial charge in [0.05, 0.1) is 24.2 Å². The molecule has 3 rings (SSSR count). The summed E-state index contributed by atoms with van der Waals surface area (Å²) in [6, 6.07) is 12.4. The number of nitrogens with zero attached hydrogens (tertiary/aromatic N) is 2. The van der Waals surface area contributed by atoms with Crippen molar-refractivity contribution < 1.29 is 18.8 Å². The van der Waals surface area contributed by atoms with Crippen LogP contribution in [0.5, 0.6) is 11.5 Å². The second-order valence-corrected chi connectivity index (χ2v) is 6.72. The van der Waals surface area contributed by atoms with Gasteiger partial charge in [-0.2, -0.15) is 4.98 Å². The summed E-state index contributed by atoms with van der Waals surface area (Å²) in [7, 11) is 1.54. The zero-order valence-electron chi connectivity index (χ0n) is 14.2. The van der Waals surface area contributed by atoms with Gasteiger partial charge in [0.15, 0.2) is 12.4 Å². The van der Waals surface area contributed by atoms with Crippen molar-refractivity contribution in [2.24, 2.45) is 0 Å². The van der Waals surface area contributed by atoms with Gasteiger partial charge in [-0.1, -0.05) is 44.8 Å². The van der Waals surface area contributed by atoms with E-state index in [1.54, 1.807) is 30.3 Å². The van der Waals surface area contributed by atoms with E-state index in [0.717, 1.165) is 4.47 Å². The van der Waals surface area contributed by atoms with Gasteiger partial charge < -0.3 is 19.3 Å². The Hall–Kier alpha value is -2.58. The molecule has 0 aliphatic heterocycles. The summed E-state index contributed by atoms with van der Waals surface area (Å²) in [6.07, 6.45) is -0.0411. The fourth-order valence-corrected chi connectivity index (χ4v) is 2.97. The summed E-state index contributed by atoms with van der Waals surface area (Å²) >= 11 is 9.41. The monoisotopic (exact) mass is 451 g/mol. The van der Waals surface area contributed by atoms with Crippen molar-refractivity contribution in [3.63, 3.8) is 0 Å². The Bertz CT molecular complexity index is 948. The number of anilines is 1. The van der Waals surface area contributed by atoms with E-state index in [2.05, 4.69) is 31.4 Å². The molecule has 0 radical (unpaired) electrons. The normalized spacial score (nSPS) is 10.5. The van der Waals surface area contributed by atoms with Crippen LogP contribution >= 0.6 is 27.5 Å². The van der Waals surface area contributed by atoms with Crippen molar-refractivity contribution in [1.29, 1.82) is 0 Å². The molecular formula is C18H15BrClN3O4. The highest BCUT2D eigenvalue weighted by atomic mass is 79.9. The number of aromatic nitrogens is 2. The molecule has 7 nitrogen and oxygen atoms in total. The Labute approximate surface area is 168 Å². The zero-order valence-corrected chi connectivity index (χ0v) is 16.6. The number of hydrogen-bond donors (Lipinski definition) is 1. The number of para-hydroxylation sites is 2. The fourth-order valence-electron chi connectivity index (χ4n) is 2.24. The summed E-state index contributed by atoms with van der Waals surface area (Å²) in [6.45, 7) is 0.0441. The number of ether oxygens (including phenoxy) is 2. The molecule has 2 aromatic carbocycles. The predicted molar refractivity (Wildman–Crippen MR) is 103 cm³/mol. The Morgan fingerprint density at radius 2 is 2.07 bits per heavy atom. The van der Waals surface area contributed by atoms with Gasteiger partial charge in [0.1, 0.15) is 11.5 Å². The van der Waals surface area contributed by atoms with Crippen molar-refractivity contribution in [3.8, 4) is 11.5 Å². The van der Waals surface area contributed by atoms with Crippen LogP contribution < -0.4 is 14.8 Å². The lowest BCUT2D eigenvalue weighted by molar-refractivity contribution is -0.115. The average Bonchev–Trinajstić information content (AvgIpc) is 3.08. The molecule has 0 spiro atoms. The molecule has 0 saturated carbocycles.